The molecule has 12 nitrogen and oxygen atoms in total. The van der Waals surface area contributed by atoms with Crippen molar-refractivity contribution in [1.29, 1.82) is 0 Å². The third kappa shape index (κ3) is 9.81. The number of aryl methyl sites for hydroxylation is 2. The molecular weight excluding hydrogens is 550 g/mol. The minimum absolute atomic E-state index is 0.0159. The number of alkyl halides is 4. The molecule has 1 fully saturated rings. The number of hydrogen-bond acceptors (Lipinski definition) is 8. The Morgan fingerprint density at radius 1 is 1.05 bits per heavy atom. The summed E-state index contributed by atoms with van der Waals surface area (Å²) < 4.78 is 58.1. The largest absolute Gasteiger partial charge is 0.573 e. The normalized spacial score (nSPS) is 15.4. The number of unbranched alkanes of at least 4 members (excludes halogenated alkanes) is 1. The molecule has 1 aromatic carbocycles. The molecule has 2 N–H and O–H groups in total. The lowest BCUT2D eigenvalue weighted by molar-refractivity contribution is -0.274. The summed E-state index contributed by atoms with van der Waals surface area (Å²) in [6.45, 7) is 3.84. The highest BCUT2D eigenvalue weighted by molar-refractivity contribution is 5.92. The standard InChI is InChI=1S/C25H31F4N9O3/c1-24(26)7-11-36(12-8-24)17-22(39)31-21-16-38(35-33-21)10-3-2-9-37-15-20(32-34-37)23(40)30-14-18-5-4-6-19(13-18)41-25(27,28)29/h4-6,13,15-16H,2-3,7-12,14,17H2,1H3,(H,30,40)(H,31,39). The van der Waals surface area contributed by atoms with Crippen molar-refractivity contribution in [2.24, 2.45) is 0 Å². The summed E-state index contributed by atoms with van der Waals surface area (Å²) in [6.07, 6.45) is 0.535. The lowest BCUT2D eigenvalue weighted by Gasteiger charge is -2.33. The van der Waals surface area contributed by atoms with Crippen LogP contribution in [0.2, 0.25) is 0 Å². The van der Waals surface area contributed by atoms with Gasteiger partial charge in [0.25, 0.3) is 5.91 Å². The van der Waals surface area contributed by atoms with Gasteiger partial charge in [0.05, 0.1) is 18.9 Å². The van der Waals surface area contributed by atoms with E-state index in [0.717, 1.165) is 0 Å². The number of carbonyl (C=O) groups excluding carboxylic acids is 2. The first-order valence-electron chi connectivity index (χ1n) is 13.1. The molecule has 0 bridgehead atoms. The minimum Gasteiger partial charge on any atom is -0.406 e. The number of halogens is 4. The Balaban J connectivity index is 1.14. The highest BCUT2D eigenvalue weighted by Gasteiger charge is 2.31. The molecule has 0 radical (unpaired) electrons. The van der Waals surface area contributed by atoms with Crippen LogP contribution in [0.15, 0.2) is 36.7 Å². The van der Waals surface area contributed by atoms with Crippen LogP contribution in [-0.4, -0.2) is 78.4 Å². The van der Waals surface area contributed by atoms with Crippen molar-refractivity contribution in [2.45, 2.75) is 64.3 Å². The number of nitrogens with zero attached hydrogens (tertiary/aromatic N) is 7. The topological polar surface area (TPSA) is 132 Å². The van der Waals surface area contributed by atoms with Gasteiger partial charge in [-0.05, 0) is 50.3 Å². The van der Waals surface area contributed by atoms with Crippen LogP contribution in [0.4, 0.5) is 23.4 Å². The SMILES string of the molecule is CC1(F)CCN(CC(=O)Nc2cn(CCCCn3cc(C(=O)NCc4cccc(OC(F)(F)F)c4)nn3)nn2)CC1. The number of amides is 2. The third-order valence-corrected chi connectivity index (χ3v) is 6.45. The lowest BCUT2D eigenvalue weighted by atomic mass is 9.96. The van der Waals surface area contributed by atoms with Crippen molar-refractivity contribution in [3.8, 4) is 5.75 Å². The molecule has 0 spiro atoms. The maximum Gasteiger partial charge on any atom is 0.573 e. The molecule has 41 heavy (non-hydrogen) atoms. The van der Waals surface area contributed by atoms with Gasteiger partial charge in [-0.3, -0.25) is 23.9 Å². The molecule has 0 saturated carbocycles. The minimum atomic E-state index is -4.80. The van der Waals surface area contributed by atoms with Gasteiger partial charge in [-0.1, -0.05) is 22.6 Å². The Bertz CT molecular complexity index is 1320. The van der Waals surface area contributed by atoms with E-state index < -0.39 is 17.9 Å². The zero-order chi connectivity index (χ0) is 29.5. The Labute approximate surface area is 233 Å². The molecule has 16 heteroatoms. The van der Waals surface area contributed by atoms with Crippen LogP contribution >= 0.6 is 0 Å². The fraction of sp³-hybridized carbons (Fsp3) is 0.520. The zero-order valence-corrected chi connectivity index (χ0v) is 22.4. The molecule has 1 aliphatic heterocycles. The molecule has 222 valence electrons. The molecular formula is C25H31F4N9O3. The van der Waals surface area contributed by atoms with E-state index in [1.807, 2.05) is 4.90 Å². The number of piperidine rings is 1. The van der Waals surface area contributed by atoms with E-state index in [0.29, 0.717) is 63.2 Å². The van der Waals surface area contributed by atoms with Gasteiger partial charge in [0, 0.05) is 32.7 Å². The smallest absolute Gasteiger partial charge is 0.406 e. The van der Waals surface area contributed by atoms with Gasteiger partial charge in [-0.15, -0.1) is 23.4 Å². The van der Waals surface area contributed by atoms with Crippen LogP contribution in [0.25, 0.3) is 0 Å². The number of nitrogens with one attached hydrogen (secondary N) is 2. The second kappa shape index (κ2) is 13.1. The molecule has 3 heterocycles. The van der Waals surface area contributed by atoms with Gasteiger partial charge in [0.2, 0.25) is 5.91 Å². The average Bonchev–Trinajstić information content (AvgIpc) is 3.55. The molecule has 1 aliphatic rings. The Morgan fingerprint density at radius 2 is 1.73 bits per heavy atom. The van der Waals surface area contributed by atoms with Gasteiger partial charge in [0.1, 0.15) is 11.4 Å². The Kier molecular flexibility index (Phi) is 9.52. The number of aromatic nitrogens is 6. The molecule has 4 rings (SSSR count). The van der Waals surface area contributed by atoms with Crippen LogP contribution in [0.5, 0.6) is 5.75 Å². The van der Waals surface area contributed by atoms with Crippen LogP contribution in [0.3, 0.4) is 0 Å². The third-order valence-electron chi connectivity index (χ3n) is 6.45. The number of carbonyl (C=O) groups is 2. The van der Waals surface area contributed by atoms with Crippen LogP contribution in [-0.2, 0) is 24.4 Å². The summed E-state index contributed by atoms with van der Waals surface area (Å²) in [5, 5.41) is 21.1. The summed E-state index contributed by atoms with van der Waals surface area (Å²) in [5.74, 6) is -0.775. The van der Waals surface area contributed by atoms with Crippen molar-refractivity contribution in [3.63, 3.8) is 0 Å². The van der Waals surface area contributed by atoms with E-state index >= 15 is 0 Å². The van der Waals surface area contributed by atoms with Crippen molar-refractivity contribution >= 4 is 17.6 Å². The van der Waals surface area contributed by atoms with E-state index in [-0.39, 0.29) is 30.4 Å². The van der Waals surface area contributed by atoms with Crippen molar-refractivity contribution in [3.05, 3.63) is 47.9 Å². The monoisotopic (exact) mass is 581 g/mol. The van der Waals surface area contributed by atoms with Crippen LogP contribution in [0, 0.1) is 0 Å². The maximum atomic E-state index is 13.9. The predicted molar refractivity (Wildman–Crippen MR) is 137 cm³/mol. The van der Waals surface area contributed by atoms with Crippen molar-refractivity contribution in [1.82, 2.24) is 40.2 Å². The maximum absolute atomic E-state index is 13.9. The predicted octanol–water partition coefficient (Wildman–Crippen LogP) is 2.94. The van der Waals surface area contributed by atoms with Crippen molar-refractivity contribution < 1.29 is 31.9 Å². The zero-order valence-electron chi connectivity index (χ0n) is 22.4. The highest BCUT2D eigenvalue weighted by Crippen LogP contribution is 2.25. The Hall–Kier alpha value is -4.08. The fourth-order valence-electron chi connectivity index (χ4n) is 4.21. The number of rotatable bonds is 12. The fourth-order valence-corrected chi connectivity index (χ4v) is 4.21. The van der Waals surface area contributed by atoms with E-state index in [2.05, 4.69) is 36.0 Å². The van der Waals surface area contributed by atoms with Gasteiger partial charge in [0.15, 0.2) is 11.5 Å². The first-order chi connectivity index (χ1) is 19.4. The van der Waals surface area contributed by atoms with Crippen LogP contribution in [0.1, 0.15) is 48.7 Å². The second-order valence-electron chi connectivity index (χ2n) is 10.1. The van der Waals surface area contributed by atoms with Gasteiger partial charge >= 0.3 is 6.36 Å². The molecule has 3 aromatic rings. The first kappa shape index (κ1) is 29.9. The quantitative estimate of drug-likeness (QED) is 0.247. The summed E-state index contributed by atoms with van der Waals surface area (Å²) in [7, 11) is 0. The van der Waals surface area contributed by atoms with E-state index in [1.165, 1.54) is 29.1 Å². The molecule has 0 unspecified atom stereocenters. The lowest BCUT2D eigenvalue weighted by Crippen LogP contribution is -2.43. The van der Waals surface area contributed by atoms with E-state index in [1.54, 1.807) is 23.9 Å². The average molecular weight is 582 g/mol. The second-order valence-corrected chi connectivity index (χ2v) is 10.1. The molecule has 0 aliphatic carbocycles. The van der Waals surface area contributed by atoms with Gasteiger partial charge in [-0.2, -0.15) is 0 Å². The number of ether oxygens (including phenoxy) is 1. The van der Waals surface area contributed by atoms with Gasteiger partial charge in [-0.25, -0.2) is 4.39 Å². The summed E-state index contributed by atoms with van der Waals surface area (Å²) in [5.41, 5.74) is -0.666. The van der Waals surface area contributed by atoms with Crippen LogP contribution < -0.4 is 15.4 Å². The van der Waals surface area contributed by atoms with Gasteiger partial charge < -0.3 is 15.4 Å². The number of benzene rings is 1. The molecule has 0 atom stereocenters. The van der Waals surface area contributed by atoms with E-state index in [4.69, 9.17) is 0 Å². The first-order valence-corrected chi connectivity index (χ1v) is 13.1. The molecule has 1 saturated heterocycles. The Morgan fingerprint density at radius 3 is 2.44 bits per heavy atom. The highest BCUT2D eigenvalue weighted by atomic mass is 19.4. The summed E-state index contributed by atoms with van der Waals surface area (Å²) in [4.78, 5) is 26.6. The van der Waals surface area contributed by atoms with Crippen molar-refractivity contribution in [2.75, 3.05) is 25.0 Å². The summed E-state index contributed by atoms with van der Waals surface area (Å²) >= 11 is 0. The molecule has 2 amide bonds. The summed E-state index contributed by atoms with van der Waals surface area (Å²) in [6, 6.07) is 5.32. The number of anilines is 1. The molecule has 2 aromatic heterocycles. The number of hydrogen-bond donors (Lipinski definition) is 2. The van der Waals surface area contributed by atoms with E-state index in [9.17, 15) is 27.2 Å². The number of likely N-dealkylation sites (tertiary alicyclic amines) is 1.